The number of fused-ring (bicyclic) bond motifs is 1. The van der Waals surface area contributed by atoms with Crippen molar-refractivity contribution in [3.05, 3.63) is 58.8 Å². The number of amides is 2. The predicted octanol–water partition coefficient (Wildman–Crippen LogP) is 3.79. The van der Waals surface area contributed by atoms with Gasteiger partial charge >= 0.3 is 11.8 Å². The molecule has 0 atom stereocenters. The van der Waals surface area contributed by atoms with Gasteiger partial charge in [0.15, 0.2) is 5.58 Å². The summed E-state index contributed by atoms with van der Waals surface area (Å²) in [6.07, 6.45) is 0.810. The van der Waals surface area contributed by atoms with Crippen molar-refractivity contribution >= 4 is 28.5 Å². The molecule has 124 valence electrons. The SMILES string of the molecule is CCCn1c(=O)oc2cc(NC(=O)Nc3cccc(F)c3)ccc21. The number of aromatic nitrogens is 1. The molecule has 0 aliphatic heterocycles. The summed E-state index contributed by atoms with van der Waals surface area (Å²) in [6, 6.07) is 10.0. The van der Waals surface area contributed by atoms with Gasteiger partial charge in [-0.3, -0.25) is 4.57 Å². The maximum absolute atomic E-state index is 13.1. The van der Waals surface area contributed by atoms with Crippen molar-refractivity contribution in [2.45, 2.75) is 19.9 Å². The molecule has 0 aliphatic carbocycles. The lowest BCUT2D eigenvalue weighted by Gasteiger charge is -2.07. The molecule has 0 fully saturated rings. The number of carbonyl (C=O) groups is 1. The molecular weight excluding hydrogens is 313 g/mol. The standard InChI is InChI=1S/C17H16FN3O3/c1-2-8-21-14-7-6-13(10-15(14)24-17(21)23)20-16(22)19-12-5-3-4-11(18)9-12/h3-7,9-10H,2,8H2,1H3,(H2,19,20,22). The van der Waals surface area contributed by atoms with Crippen LogP contribution in [0.4, 0.5) is 20.6 Å². The van der Waals surface area contributed by atoms with Crippen LogP contribution < -0.4 is 16.4 Å². The lowest BCUT2D eigenvalue weighted by Crippen LogP contribution is -2.19. The van der Waals surface area contributed by atoms with Gasteiger partial charge in [0.05, 0.1) is 5.52 Å². The summed E-state index contributed by atoms with van der Waals surface area (Å²) < 4.78 is 19.8. The molecule has 3 rings (SSSR count). The third-order valence-corrected chi connectivity index (χ3v) is 3.46. The summed E-state index contributed by atoms with van der Waals surface area (Å²) in [6.45, 7) is 2.54. The van der Waals surface area contributed by atoms with Crippen molar-refractivity contribution in [1.82, 2.24) is 4.57 Å². The van der Waals surface area contributed by atoms with Gasteiger partial charge in [-0.05, 0) is 36.8 Å². The first kappa shape index (κ1) is 15.8. The molecule has 2 aromatic carbocycles. The minimum absolute atomic E-state index is 0.342. The highest BCUT2D eigenvalue weighted by Gasteiger charge is 2.10. The maximum Gasteiger partial charge on any atom is 0.419 e. The number of halogens is 1. The quantitative estimate of drug-likeness (QED) is 0.764. The first-order valence-corrected chi connectivity index (χ1v) is 7.54. The minimum atomic E-state index is -0.518. The van der Waals surface area contributed by atoms with Gasteiger partial charge in [0.25, 0.3) is 0 Å². The van der Waals surface area contributed by atoms with Gasteiger partial charge < -0.3 is 15.1 Å². The van der Waals surface area contributed by atoms with Gasteiger partial charge in [-0.25, -0.2) is 14.0 Å². The number of hydrogen-bond donors (Lipinski definition) is 2. The first-order chi connectivity index (χ1) is 11.6. The number of nitrogens with one attached hydrogen (secondary N) is 2. The molecule has 1 aromatic heterocycles. The molecular formula is C17H16FN3O3. The summed E-state index contributed by atoms with van der Waals surface area (Å²) in [5.74, 6) is -0.860. The second-order valence-electron chi connectivity index (χ2n) is 5.29. The van der Waals surface area contributed by atoms with Crippen LogP contribution in [0.15, 0.2) is 51.7 Å². The topological polar surface area (TPSA) is 76.3 Å². The number of carbonyl (C=O) groups excluding carboxylic acids is 1. The van der Waals surface area contributed by atoms with Crippen LogP contribution in [0.25, 0.3) is 11.1 Å². The molecule has 0 bridgehead atoms. The van der Waals surface area contributed by atoms with Crippen LogP contribution in [0.3, 0.4) is 0 Å². The van der Waals surface area contributed by atoms with Crippen molar-refractivity contribution in [2.75, 3.05) is 10.6 Å². The zero-order valence-electron chi connectivity index (χ0n) is 13.0. The average molecular weight is 329 g/mol. The number of urea groups is 1. The van der Waals surface area contributed by atoms with E-state index in [9.17, 15) is 14.0 Å². The van der Waals surface area contributed by atoms with Crippen LogP contribution >= 0.6 is 0 Å². The van der Waals surface area contributed by atoms with Gasteiger partial charge in [-0.15, -0.1) is 0 Å². The Morgan fingerprint density at radius 1 is 1.17 bits per heavy atom. The lowest BCUT2D eigenvalue weighted by atomic mass is 10.2. The van der Waals surface area contributed by atoms with Gasteiger partial charge in [-0.1, -0.05) is 13.0 Å². The highest BCUT2D eigenvalue weighted by Crippen LogP contribution is 2.19. The van der Waals surface area contributed by atoms with E-state index in [4.69, 9.17) is 4.42 Å². The van der Waals surface area contributed by atoms with Crippen LogP contribution in [-0.2, 0) is 6.54 Å². The van der Waals surface area contributed by atoms with Gasteiger partial charge in [-0.2, -0.15) is 0 Å². The molecule has 6 nitrogen and oxygen atoms in total. The highest BCUT2D eigenvalue weighted by atomic mass is 19.1. The Balaban J connectivity index is 1.77. The third-order valence-electron chi connectivity index (χ3n) is 3.46. The Morgan fingerprint density at radius 3 is 2.62 bits per heavy atom. The van der Waals surface area contributed by atoms with Gasteiger partial charge in [0.2, 0.25) is 0 Å². The third kappa shape index (κ3) is 3.29. The molecule has 0 unspecified atom stereocenters. The van der Waals surface area contributed by atoms with E-state index >= 15 is 0 Å². The Bertz CT molecular complexity index is 946. The zero-order valence-corrected chi connectivity index (χ0v) is 13.0. The molecule has 24 heavy (non-hydrogen) atoms. The molecule has 7 heteroatoms. The summed E-state index contributed by atoms with van der Waals surface area (Å²) in [7, 11) is 0. The number of nitrogens with zero attached hydrogens (tertiary/aromatic N) is 1. The fourth-order valence-corrected chi connectivity index (χ4v) is 2.44. The predicted molar refractivity (Wildman–Crippen MR) is 89.8 cm³/mol. The molecule has 2 amide bonds. The number of oxazole rings is 1. The molecule has 1 heterocycles. The van der Waals surface area contributed by atoms with Crippen molar-refractivity contribution in [3.8, 4) is 0 Å². The summed E-state index contributed by atoms with van der Waals surface area (Å²) in [5, 5.41) is 5.15. The summed E-state index contributed by atoms with van der Waals surface area (Å²) in [5.41, 5.74) is 1.89. The second-order valence-corrected chi connectivity index (χ2v) is 5.29. The van der Waals surface area contributed by atoms with Crippen LogP contribution in [0.2, 0.25) is 0 Å². The molecule has 2 N–H and O–H groups in total. The van der Waals surface area contributed by atoms with E-state index in [1.807, 2.05) is 6.92 Å². The van der Waals surface area contributed by atoms with Crippen molar-refractivity contribution in [3.63, 3.8) is 0 Å². The largest absolute Gasteiger partial charge is 0.419 e. The lowest BCUT2D eigenvalue weighted by molar-refractivity contribution is 0.262. The minimum Gasteiger partial charge on any atom is -0.408 e. The first-order valence-electron chi connectivity index (χ1n) is 7.54. The number of anilines is 2. The Kier molecular flexibility index (Phi) is 4.33. The van der Waals surface area contributed by atoms with Crippen molar-refractivity contribution in [2.24, 2.45) is 0 Å². The maximum atomic E-state index is 13.1. The van der Waals surface area contributed by atoms with Gasteiger partial charge in [0.1, 0.15) is 5.82 Å². The Hall–Kier alpha value is -3.09. The van der Waals surface area contributed by atoms with E-state index < -0.39 is 17.6 Å². The smallest absolute Gasteiger partial charge is 0.408 e. The Labute approximate surface area is 136 Å². The summed E-state index contributed by atoms with van der Waals surface area (Å²) in [4.78, 5) is 23.8. The fraction of sp³-hybridized carbons (Fsp3) is 0.176. The van der Waals surface area contributed by atoms with E-state index in [0.29, 0.717) is 29.0 Å². The van der Waals surface area contributed by atoms with Crippen LogP contribution in [0.5, 0.6) is 0 Å². The van der Waals surface area contributed by atoms with Crippen LogP contribution in [0.1, 0.15) is 13.3 Å². The fourth-order valence-electron chi connectivity index (χ4n) is 2.44. The second kappa shape index (κ2) is 6.57. The van der Waals surface area contributed by atoms with E-state index in [1.165, 1.54) is 18.2 Å². The van der Waals surface area contributed by atoms with Crippen molar-refractivity contribution in [1.29, 1.82) is 0 Å². The van der Waals surface area contributed by atoms with E-state index in [2.05, 4.69) is 10.6 Å². The van der Waals surface area contributed by atoms with Gasteiger partial charge in [0, 0.05) is 24.0 Å². The Morgan fingerprint density at radius 2 is 1.92 bits per heavy atom. The zero-order chi connectivity index (χ0) is 17.1. The molecule has 0 saturated heterocycles. The number of aryl methyl sites for hydroxylation is 1. The number of rotatable bonds is 4. The monoisotopic (exact) mass is 329 g/mol. The number of hydrogen-bond acceptors (Lipinski definition) is 3. The van der Waals surface area contributed by atoms with E-state index in [1.54, 1.807) is 28.8 Å². The summed E-state index contributed by atoms with van der Waals surface area (Å²) >= 11 is 0. The number of benzene rings is 2. The molecule has 3 aromatic rings. The highest BCUT2D eigenvalue weighted by molar-refractivity contribution is 6.00. The molecule has 0 spiro atoms. The van der Waals surface area contributed by atoms with Crippen LogP contribution in [0, 0.1) is 5.82 Å². The van der Waals surface area contributed by atoms with Crippen molar-refractivity contribution < 1.29 is 13.6 Å². The molecule has 0 radical (unpaired) electrons. The normalized spacial score (nSPS) is 10.8. The van der Waals surface area contributed by atoms with Crippen LogP contribution in [-0.4, -0.2) is 10.6 Å². The average Bonchev–Trinajstić information content (AvgIpc) is 2.83. The molecule has 0 aliphatic rings. The van der Waals surface area contributed by atoms with E-state index in [0.717, 1.165) is 6.42 Å². The molecule has 0 saturated carbocycles. The van der Waals surface area contributed by atoms with E-state index in [-0.39, 0.29) is 0 Å².